The molecule has 0 radical (unpaired) electrons. The van der Waals surface area contributed by atoms with Gasteiger partial charge in [-0.1, -0.05) is 41.9 Å². The third-order valence-electron chi connectivity index (χ3n) is 3.13. The van der Waals surface area contributed by atoms with E-state index in [0.717, 1.165) is 16.3 Å². The van der Waals surface area contributed by atoms with Crippen LogP contribution in [0.2, 0.25) is 5.02 Å². The van der Waals surface area contributed by atoms with E-state index in [4.69, 9.17) is 26.8 Å². The molecule has 2 rings (SSSR count). The maximum Gasteiger partial charge on any atom is 0.332 e. The Hall–Kier alpha value is -1.62. The molecule has 2 aromatic carbocycles. The number of ether oxygens (including phenoxy) is 2. The van der Waals surface area contributed by atoms with Crippen molar-refractivity contribution < 1.29 is 14.3 Å². The predicted molar refractivity (Wildman–Crippen MR) is 83.3 cm³/mol. The fourth-order valence-electron chi connectivity index (χ4n) is 2.17. The summed E-state index contributed by atoms with van der Waals surface area (Å²) in [5.74, 6) is -0.384. The number of halogens is 1. The van der Waals surface area contributed by atoms with Gasteiger partial charge in [-0.3, -0.25) is 0 Å². The molecule has 2 N–H and O–H groups in total. The number of carbonyl (C=O) groups is 1. The maximum absolute atomic E-state index is 11.2. The van der Waals surface area contributed by atoms with Crippen molar-refractivity contribution in [1.82, 2.24) is 0 Å². The summed E-state index contributed by atoms with van der Waals surface area (Å²) in [5, 5.41) is 2.64. The number of fused-ring (bicyclic) bond motifs is 1. The largest absolute Gasteiger partial charge is 0.464 e. The van der Waals surface area contributed by atoms with Crippen molar-refractivity contribution >= 4 is 28.3 Å². The minimum atomic E-state index is -0.384. The monoisotopic (exact) mass is 307 g/mol. The van der Waals surface area contributed by atoms with Crippen molar-refractivity contribution in [2.75, 3.05) is 19.8 Å². The van der Waals surface area contributed by atoms with Crippen molar-refractivity contribution in [3.63, 3.8) is 0 Å². The van der Waals surface area contributed by atoms with Crippen molar-refractivity contribution in [2.24, 2.45) is 5.73 Å². The molecule has 0 saturated carbocycles. The topological polar surface area (TPSA) is 61.5 Å². The van der Waals surface area contributed by atoms with Gasteiger partial charge in [0.15, 0.2) is 0 Å². The Morgan fingerprint density at radius 2 is 1.95 bits per heavy atom. The molecule has 2 aromatic rings. The summed E-state index contributed by atoms with van der Waals surface area (Å²) in [5.41, 5.74) is 7.09. The molecule has 1 atom stereocenters. The van der Waals surface area contributed by atoms with E-state index in [9.17, 15) is 4.79 Å². The Morgan fingerprint density at radius 1 is 1.24 bits per heavy atom. The third kappa shape index (κ3) is 3.94. The number of nitrogens with two attached hydrogens (primary N) is 1. The Balaban J connectivity index is 2.08. The molecule has 0 aliphatic rings. The Bertz CT molecular complexity index is 630. The van der Waals surface area contributed by atoms with Crippen LogP contribution in [0.3, 0.4) is 0 Å². The van der Waals surface area contributed by atoms with Gasteiger partial charge in [-0.15, -0.1) is 0 Å². The van der Waals surface area contributed by atoms with Gasteiger partial charge < -0.3 is 15.2 Å². The van der Waals surface area contributed by atoms with Crippen LogP contribution in [0.15, 0.2) is 36.4 Å². The van der Waals surface area contributed by atoms with Crippen LogP contribution in [0.5, 0.6) is 0 Å². The first-order chi connectivity index (χ1) is 10.1. The molecular weight excluding hydrogens is 290 g/mol. The fourth-order valence-corrected chi connectivity index (χ4v) is 2.40. The quantitative estimate of drug-likeness (QED) is 0.833. The van der Waals surface area contributed by atoms with Crippen molar-refractivity contribution in [3.05, 3.63) is 47.0 Å². The molecule has 0 amide bonds. The third-order valence-corrected chi connectivity index (χ3v) is 3.46. The van der Waals surface area contributed by atoms with Crippen LogP contribution in [0.4, 0.5) is 0 Å². The van der Waals surface area contributed by atoms with Crippen molar-refractivity contribution in [1.29, 1.82) is 0 Å². The van der Waals surface area contributed by atoms with E-state index >= 15 is 0 Å². The fraction of sp³-hybridized carbons (Fsp3) is 0.312. The average molecular weight is 308 g/mol. The minimum absolute atomic E-state index is 0.0902. The van der Waals surface area contributed by atoms with Crippen molar-refractivity contribution in [2.45, 2.75) is 13.0 Å². The van der Waals surface area contributed by atoms with E-state index in [0.29, 0.717) is 11.6 Å². The lowest BCUT2D eigenvalue weighted by molar-refractivity contribution is -0.148. The highest BCUT2D eigenvalue weighted by Gasteiger charge is 2.12. The molecule has 0 aliphatic heterocycles. The highest BCUT2D eigenvalue weighted by Crippen LogP contribution is 2.29. The van der Waals surface area contributed by atoms with Crippen LogP contribution in [-0.2, 0) is 14.3 Å². The van der Waals surface area contributed by atoms with Gasteiger partial charge in [0.1, 0.15) is 6.61 Å². The summed E-state index contributed by atoms with van der Waals surface area (Å²) < 4.78 is 10.1. The highest BCUT2D eigenvalue weighted by atomic mass is 35.5. The van der Waals surface area contributed by atoms with E-state index in [-0.39, 0.29) is 25.2 Å². The van der Waals surface area contributed by atoms with E-state index in [1.807, 2.05) is 36.4 Å². The zero-order valence-corrected chi connectivity index (χ0v) is 12.6. The molecule has 0 aliphatic carbocycles. The molecule has 5 heteroatoms. The molecular formula is C16H18ClNO3. The molecule has 0 aromatic heterocycles. The molecule has 4 nitrogen and oxygen atoms in total. The van der Waals surface area contributed by atoms with Gasteiger partial charge in [-0.05, 0) is 23.9 Å². The second kappa shape index (κ2) is 7.41. The molecule has 1 unspecified atom stereocenters. The van der Waals surface area contributed by atoms with Gasteiger partial charge in [-0.2, -0.15) is 0 Å². The Morgan fingerprint density at radius 3 is 2.67 bits per heavy atom. The van der Waals surface area contributed by atoms with Gasteiger partial charge in [-0.25, -0.2) is 4.79 Å². The van der Waals surface area contributed by atoms with Gasteiger partial charge in [0, 0.05) is 10.4 Å². The van der Waals surface area contributed by atoms with E-state index < -0.39 is 0 Å². The highest BCUT2D eigenvalue weighted by molar-refractivity contribution is 6.35. The summed E-state index contributed by atoms with van der Waals surface area (Å²) in [7, 11) is 0. The number of hydrogen-bond acceptors (Lipinski definition) is 4. The summed E-state index contributed by atoms with van der Waals surface area (Å²) in [6, 6.07) is 11.2. The molecule has 0 heterocycles. The second-order valence-electron chi connectivity index (χ2n) is 4.61. The lowest BCUT2D eigenvalue weighted by atomic mass is 9.99. The van der Waals surface area contributed by atoms with Crippen molar-refractivity contribution in [3.8, 4) is 0 Å². The van der Waals surface area contributed by atoms with Gasteiger partial charge in [0.25, 0.3) is 0 Å². The summed E-state index contributed by atoms with van der Waals surface area (Å²) in [6.45, 7) is 2.25. The first-order valence-electron chi connectivity index (χ1n) is 6.79. The van der Waals surface area contributed by atoms with Gasteiger partial charge in [0.05, 0.1) is 19.3 Å². The molecule has 0 saturated heterocycles. The zero-order chi connectivity index (χ0) is 15.2. The van der Waals surface area contributed by atoms with Gasteiger partial charge in [0.2, 0.25) is 0 Å². The van der Waals surface area contributed by atoms with Crippen LogP contribution in [0.25, 0.3) is 10.8 Å². The Kier molecular flexibility index (Phi) is 5.56. The normalized spacial score (nSPS) is 12.3. The lowest BCUT2D eigenvalue weighted by Gasteiger charge is -2.15. The summed E-state index contributed by atoms with van der Waals surface area (Å²) in [4.78, 5) is 11.2. The number of esters is 1. The smallest absolute Gasteiger partial charge is 0.332 e. The number of benzene rings is 2. The van der Waals surface area contributed by atoms with Crippen LogP contribution in [0.1, 0.15) is 18.5 Å². The standard InChI is InChI=1S/C16H18ClNO3/c1-2-21-16(19)10-20-9-15(18)13-7-8-14(17)12-6-4-3-5-11(12)13/h3-8,15H,2,9-10,18H2,1H3. The summed E-state index contributed by atoms with van der Waals surface area (Å²) >= 11 is 6.18. The zero-order valence-electron chi connectivity index (χ0n) is 11.8. The molecule has 0 spiro atoms. The molecule has 21 heavy (non-hydrogen) atoms. The van der Waals surface area contributed by atoms with Crippen LogP contribution < -0.4 is 5.73 Å². The van der Waals surface area contributed by atoms with E-state index in [1.165, 1.54) is 0 Å². The van der Waals surface area contributed by atoms with Crippen LogP contribution >= 0.6 is 11.6 Å². The van der Waals surface area contributed by atoms with E-state index in [2.05, 4.69) is 0 Å². The first kappa shape index (κ1) is 15.8. The minimum Gasteiger partial charge on any atom is -0.464 e. The Labute approximate surface area is 128 Å². The van der Waals surface area contributed by atoms with E-state index in [1.54, 1.807) is 6.92 Å². The lowest BCUT2D eigenvalue weighted by Crippen LogP contribution is -2.21. The number of carbonyl (C=O) groups excluding carboxylic acids is 1. The van der Waals surface area contributed by atoms with Gasteiger partial charge >= 0.3 is 5.97 Å². The number of rotatable bonds is 6. The molecule has 112 valence electrons. The maximum atomic E-state index is 11.2. The second-order valence-corrected chi connectivity index (χ2v) is 5.02. The average Bonchev–Trinajstić information content (AvgIpc) is 2.48. The molecule has 0 bridgehead atoms. The SMILES string of the molecule is CCOC(=O)COCC(N)c1ccc(Cl)c2ccccc12. The molecule has 0 fully saturated rings. The number of hydrogen-bond donors (Lipinski definition) is 1. The summed E-state index contributed by atoms with van der Waals surface area (Å²) in [6.07, 6.45) is 0. The predicted octanol–water partition coefficient (Wildman–Crippen LogP) is 3.07. The van der Waals surface area contributed by atoms with Crippen LogP contribution in [-0.4, -0.2) is 25.8 Å². The first-order valence-corrected chi connectivity index (χ1v) is 7.17. The van der Waals surface area contributed by atoms with Crippen LogP contribution in [0, 0.1) is 0 Å².